The van der Waals surface area contributed by atoms with E-state index in [1.165, 1.54) is 18.2 Å². The number of nitrogens with one attached hydrogen (secondary N) is 1. The highest BCUT2D eigenvalue weighted by atomic mass is 35.5. The van der Waals surface area contributed by atoms with E-state index in [4.69, 9.17) is 17.3 Å². The van der Waals surface area contributed by atoms with Crippen LogP contribution in [0.5, 0.6) is 0 Å². The maximum atomic E-state index is 12.4. The second kappa shape index (κ2) is 5.54. The van der Waals surface area contributed by atoms with Gasteiger partial charge in [0.15, 0.2) is 0 Å². The summed E-state index contributed by atoms with van der Waals surface area (Å²) in [5, 5.41) is 0.345. The Morgan fingerprint density at radius 3 is 2.20 bits per heavy atom. The SMILES string of the molecule is CC(C)(C)CC(C)(C)NS(=O)(=O)c1ccc(Cl)c(N)c1. The average Bonchev–Trinajstić information content (AvgIpc) is 2.16. The molecule has 0 saturated carbocycles. The van der Waals surface area contributed by atoms with E-state index in [0.29, 0.717) is 11.4 Å². The van der Waals surface area contributed by atoms with Crippen LogP contribution in [0.1, 0.15) is 41.0 Å². The van der Waals surface area contributed by atoms with Crippen molar-refractivity contribution >= 4 is 27.3 Å². The highest BCUT2D eigenvalue weighted by molar-refractivity contribution is 7.89. The number of rotatable bonds is 4. The Balaban J connectivity index is 3.03. The minimum atomic E-state index is -3.62. The largest absolute Gasteiger partial charge is 0.397 e. The average molecular weight is 319 g/mol. The molecule has 1 rings (SSSR count). The predicted octanol–water partition coefficient (Wildman–Crippen LogP) is 3.42. The molecule has 1 aromatic rings. The van der Waals surface area contributed by atoms with Gasteiger partial charge >= 0.3 is 0 Å². The van der Waals surface area contributed by atoms with E-state index in [1.54, 1.807) is 0 Å². The van der Waals surface area contributed by atoms with Crippen LogP contribution in [0.25, 0.3) is 0 Å². The molecule has 1 aromatic carbocycles. The molecule has 3 N–H and O–H groups in total. The maximum Gasteiger partial charge on any atom is 0.241 e. The van der Waals surface area contributed by atoms with Crippen molar-refractivity contribution in [1.82, 2.24) is 4.72 Å². The van der Waals surface area contributed by atoms with Gasteiger partial charge in [-0.3, -0.25) is 0 Å². The summed E-state index contributed by atoms with van der Waals surface area (Å²) in [6.07, 6.45) is 0.711. The first-order chi connectivity index (χ1) is 8.82. The summed E-state index contributed by atoms with van der Waals surface area (Å²) in [6.45, 7) is 9.96. The lowest BCUT2D eigenvalue weighted by atomic mass is 9.82. The van der Waals surface area contributed by atoms with Crippen LogP contribution in [-0.2, 0) is 10.0 Å². The number of anilines is 1. The van der Waals surface area contributed by atoms with Gasteiger partial charge in [0.05, 0.1) is 15.6 Å². The summed E-state index contributed by atoms with van der Waals surface area (Å²) in [4.78, 5) is 0.126. The number of nitrogens with two attached hydrogens (primary N) is 1. The summed E-state index contributed by atoms with van der Waals surface area (Å²) in [5.74, 6) is 0. The molecule has 0 bridgehead atoms. The molecular weight excluding hydrogens is 296 g/mol. The third-order valence-corrected chi connectivity index (χ3v) is 4.70. The van der Waals surface area contributed by atoms with Crippen LogP contribution in [0.2, 0.25) is 5.02 Å². The van der Waals surface area contributed by atoms with Crippen LogP contribution in [0.4, 0.5) is 5.69 Å². The predicted molar refractivity (Wildman–Crippen MR) is 84.3 cm³/mol. The van der Waals surface area contributed by atoms with Crippen LogP contribution in [-0.4, -0.2) is 14.0 Å². The van der Waals surface area contributed by atoms with E-state index in [1.807, 2.05) is 13.8 Å². The highest BCUT2D eigenvalue weighted by Gasteiger charge is 2.30. The zero-order chi connectivity index (χ0) is 15.8. The van der Waals surface area contributed by atoms with Crippen molar-refractivity contribution in [3.05, 3.63) is 23.2 Å². The normalized spacial score (nSPS) is 13.5. The first-order valence-electron chi connectivity index (χ1n) is 6.41. The summed E-state index contributed by atoms with van der Waals surface area (Å²) < 4.78 is 27.5. The molecule has 0 unspecified atom stereocenters. The van der Waals surface area contributed by atoms with Gasteiger partial charge in [-0.05, 0) is 43.9 Å². The molecule has 0 amide bonds. The number of hydrogen-bond acceptors (Lipinski definition) is 3. The van der Waals surface area contributed by atoms with Gasteiger partial charge in [0.2, 0.25) is 10.0 Å². The summed E-state index contributed by atoms with van der Waals surface area (Å²) in [7, 11) is -3.62. The summed E-state index contributed by atoms with van der Waals surface area (Å²) in [5.41, 5.74) is 5.38. The molecule has 0 saturated heterocycles. The Kier molecular flexibility index (Phi) is 4.79. The molecule has 0 aliphatic rings. The third kappa shape index (κ3) is 4.96. The molecule has 114 valence electrons. The van der Waals surface area contributed by atoms with Gasteiger partial charge in [-0.25, -0.2) is 13.1 Å². The Hall–Kier alpha value is -0.780. The number of halogens is 1. The van der Waals surface area contributed by atoms with Gasteiger partial charge in [0, 0.05) is 5.54 Å². The fourth-order valence-electron chi connectivity index (χ4n) is 2.47. The van der Waals surface area contributed by atoms with E-state index in [2.05, 4.69) is 25.5 Å². The Bertz CT molecular complexity index is 590. The van der Waals surface area contributed by atoms with E-state index >= 15 is 0 Å². The van der Waals surface area contributed by atoms with E-state index in [9.17, 15) is 8.42 Å². The molecule has 0 aliphatic heterocycles. The fourth-order valence-corrected chi connectivity index (χ4v) is 4.04. The molecule has 0 aliphatic carbocycles. The van der Waals surface area contributed by atoms with Gasteiger partial charge < -0.3 is 5.73 Å². The molecule has 20 heavy (non-hydrogen) atoms. The number of hydrogen-bond donors (Lipinski definition) is 2. The van der Waals surface area contributed by atoms with Crippen molar-refractivity contribution in [2.75, 3.05) is 5.73 Å². The van der Waals surface area contributed by atoms with E-state index < -0.39 is 15.6 Å². The second-order valence-corrected chi connectivity index (χ2v) is 9.00. The van der Waals surface area contributed by atoms with Crippen LogP contribution in [0.3, 0.4) is 0 Å². The first-order valence-corrected chi connectivity index (χ1v) is 8.28. The highest BCUT2D eigenvalue weighted by Crippen LogP contribution is 2.29. The van der Waals surface area contributed by atoms with Crippen LogP contribution < -0.4 is 10.5 Å². The fraction of sp³-hybridized carbons (Fsp3) is 0.571. The zero-order valence-corrected chi connectivity index (χ0v) is 14.2. The van der Waals surface area contributed by atoms with Crippen molar-refractivity contribution in [3.63, 3.8) is 0 Å². The standard InChI is InChI=1S/C14H23ClN2O2S/c1-13(2,3)9-14(4,5)17-20(18,19)10-6-7-11(15)12(16)8-10/h6-8,17H,9,16H2,1-5H3. The molecular formula is C14H23ClN2O2S. The summed E-state index contributed by atoms with van der Waals surface area (Å²) in [6, 6.07) is 4.31. The molecule has 0 fully saturated rings. The Labute approximate surface area is 126 Å². The van der Waals surface area contributed by atoms with Crippen molar-refractivity contribution in [3.8, 4) is 0 Å². The van der Waals surface area contributed by atoms with Gasteiger partial charge in [-0.2, -0.15) is 0 Å². The van der Waals surface area contributed by atoms with Crippen molar-refractivity contribution in [2.45, 2.75) is 51.5 Å². The smallest absolute Gasteiger partial charge is 0.241 e. The van der Waals surface area contributed by atoms with Crippen LogP contribution >= 0.6 is 11.6 Å². The van der Waals surface area contributed by atoms with Gasteiger partial charge in [-0.1, -0.05) is 32.4 Å². The lowest BCUT2D eigenvalue weighted by Gasteiger charge is -2.33. The minimum absolute atomic E-state index is 0.0189. The molecule has 0 heterocycles. The molecule has 4 nitrogen and oxygen atoms in total. The number of nitrogen functional groups attached to an aromatic ring is 1. The Morgan fingerprint density at radius 1 is 1.20 bits per heavy atom. The van der Waals surface area contributed by atoms with Crippen LogP contribution in [0, 0.1) is 5.41 Å². The lowest BCUT2D eigenvalue weighted by Crippen LogP contribution is -2.45. The minimum Gasteiger partial charge on any atom is -0.397 e. The molecule has 0 atom stereocenters. The second-order valence-electron chi connectivity index (χ2n) is 6.91. The number of sulfonamides is 1. The number of benzene rings is 1. The molecule has 0 radical (unpaired) electrons. The van der Waals surface area contributed by atoms with E-state index in [-0.39, 0.29) is 16.0 Å². The zero-order valence-electron chi connectivity index (χ0n) is 12.6. The molecule has 0 spiro atoms. The van der Waals surface area contributed by atoms with Crippen molar-refractivity contribution < 1.29 is 8.42 Å². The van der Waals surface area contributed by atoms with Gasteiger partial charge in [0.1, 0.15) is 0 Å². The Morgan fingerprint density at radius 2 is 1.75 bits per heavy atom. The third-order valence-electron chi connectivity index (χ3n) is 2.66. The van der Waals surface area contributed by atoms with Crippen molar-refractivity contribution in [1.29, 1.82) is 0 Å². The maximum absolute atomic E-state index is 12.4. The van der Waals surface area contributed by atoms with Crippen LogP contribution in [0.15, 0.2) is 23.1 Å². The topological polar surface area (TPSA) is 72.2 Å². The lowest BCUT2D eigenvalue weighted by molar-refractivity contribution is 0.269. The molecule has 6 heteroatoms. The van der Waals surface area contributed by atoms with Gasteiger partial charge in [0.25, 0.3) is 0 Å². The molecule has 0 aromatic heterocycles. The monoisotopic (exact) mass is 318 g/mol. The van der Waals surface area contributed by atoms with E-state index in [0.717, 1.165) is 0 Å². The first kappa shape index (κ1) is 17.3. The summed E-state index contributed by atoms with van der Waals surface area (Å²) >= 11 is 5.81. The quantitative estimate of drug-likeness (QED) is 0.835. The van der Waals surface area contributed by atoms with Crippen molar-refractivity contribution in [2.24, 2.45) is 5.41 Å². The van der Waals surface area contributed by atoms with Gasteiger partial charge in [-0.15, -0.1) is 0 Å².